The van der Waals surface area contributed by atoms with Crippen molar-refractivity contribution < 1.29 is 0 Å². The normalized spacial score (nSPS) is 12.3. The molecule has 3 rings (SSSR count). The van der Waals surface area contributed by atoms with Crippen LogP contribution in [0, 0.1) is 0 Å². The fourth-order valence-electron chi connectivity index (χ4n) is 2.61. The summed E-state index contributed by atoms with van der Waals surface area (Å²) >= 11 is 0. The van der Waals surface area contributed by atoms with Gasteiger partial charge < -0.3 is 5.32 Å². The maximum Gasteiger partial charge on any atom is 0.0605 e. The lowest BCUT2D eigenvalue weighted by atomic mass is 9.98. The number of aromatic nitrogens is 2. The summed E-state index contributed by atoms with van der Waals surface area (Å²) in [6, 6.07) is 19.3. The smallest absolute Gasteiger partial charge is 0.0605 e. The van der Waals surface area contributed by atoms with Crippen LogP contribution in [0.15, 0.2) is 67.0 Å². The molecule has 0 radical (unpaired) electrons. The number of hydrogen-bond donors (Lipinski definition) is 1. The number of rotatable bonds is 4. The third-order valence-corrected chi connectivity index (χ3v) is 3.70. The highest BCUT2D eigenvalue weighted by atomic mass is 15.2. The standard InChI is InChI=1S/C18H19N3/c1-19-18(17-12-20-21(2)13-17)16-10-8-15(9-11-16)14-6-4-3-5-7-14/h3-13,18-19H,1-2H3. The van der Waals surface area contributed by atoms with Gasteiger partial charge in [-0.2, -0.15) is 5.10 Å². The van der Waals surface area contributed by atoms with E-state index >= 15 is 0 Å². The van der Waals surface area contributed by atoms with Gasteiger partial charge in [0.2, 0.25) is 0 Å². The van der Waals surface area contributed by atoms with Crippen LogP contribution in [-0.2, 0) is 7.05 Å². The van der Waals surface area contributed by atoms with Crippen molar-refractivity contribution in [1.82, 2.24) is 15.1 Å². The van der Waals surface area contributed by atoms with E-state index in [-0.39, 0.29) is 6.04 Å². The van der Waals surface area contributed by atoms with Crippen molar-refractivity contribution in [1.29, 1.82) is 0 Å². The maximum absolute atomic E-state index is 4.25. The largest absolute Gasteiger partial charge is 0.309 e. The van der Waals surface area contributed by atoms with E-state index in [2.05, 4.69) is 58.9 Å². The predicted octanol–water partition coefficient (Wildman–Crippen LogP) is 3.40. The van der Waals surface area contributed by atoms with Gasteiger partial charge in [0.15, 0.2) is 0 Å². The van der Waals surface area contributed by atoms with Gasteiger partial charge in [0, 0.05) is 18.8 Å². The molecule has 0 aliphatic heterocycles. The molecule has 3 heteroatoms. The van der Waals surface area contributed by atoms with Crippen molar-refractivity contribution in [3.63, 3.8) is 0 Å². The second kappa shape index (κ2) is 5.94. The number of hydrogen-bond acceptors (Lipinski definition) is 2. The van der Waals surface area contributed by atoms with Gasteiger partial charge in [-0.25, -0.2) is 0 Å². The minimum absolute atomic E-state index is 0.170. The van der Waals surface area contributed by atoms with Crippen LogP contribution < -0.4 is 5.32 Å². The first-order valence-corrected chi connectivity index (χ1v) is 7.09. The minimum atomic E-state index is 0.170. The van der Waals surface area contributed by atoms with Gasteiger partial charge in [-0.1, -0.05) is 54.6 Å². The Morgan fingerprint density at radius 1 is 0.905 bits per heavy atom. The van der Waals surface area contributed by atoms with Gasteiger partial charge in [0.05, 0.1) is 12.2 Å². The SMILES string of the molecule is CNC(c1ccc(-c2ccccc2)cc1)c1cnn(C)c1. The van der Waals surface area contributed by atoms with E-state index < -0.39 is 0 Å². The molecule has 106 valence electrons. The molecule has 3 aromatic rings. The van der Waals surface area contributed by atoms with Crippen molar-refractivity contribution >= 4 is 0 Å². The fraction of sp³-hybridized carbons (Fsp3) is 0.167. The summed E-state index contributed by atoms with van der Waals surface area (Å²) in [5.74, 6) is 0. The molecule has 0 aliphatic rings. The van der Waals surface area contributed by atoms with E-state index in [1.165, 1.54) is 22.3 Å². The van der Waals surface area contributed by atoms with Crippen LogP contribution >= 0.6 is 0 Å². The van der Waals surface area contributed by atoms with E-state index in [0.717, 1.165) is 0 Å². The Balaban J connectivity index is 1.89. The summed E-state index contributed by atoms with van der Waals surface area (Å²) in [6.07, 6.45) is 3.96. The second-order valence-electron chi connectivity index (χ2n) is 5.16. The molecule has 0 fully saturated rings. The van der Waals surface area contributed by atoms with Crippen LogP contribution in [-0.4, -0.2) is 16.8 Å². The fourth-order valence-corrected chi connectivity index (χ4v) is 2.61. The lowest BCUT2D eigenvalue weighted by Crippen LogP contribution is -2.17. The highest BCUT2D eigenvalue weighted by Crippen LogP contribution is 2.25. The molecular weight excluding hydrogens is 258 g/mol. The van der Waals surface area contributed by atoms with Gasteiger partial charge in [0.25, 0.3) is 0 Å². The lowest BCUT2D eigenvalue weighted by Gasteiger charge is -2.15. The number of nitrogens with zero attached hydrogens (tertiary/aromatic N) is 2. The molecule has 1 aromatic heterocycles. The molecule has 0 aliphatic carbocycles. The molecule has 1 atom stereocenters. The molecule has 3 nitrogen and oxygen atoms in total. The zero-order chi connectivity index (χ0) is 14.7. The van der Waals surface area contributed by atoms with E-state index in [0.29, 0.717) is 0 Å². The van der Waals surface area contributed by atoms with Gasteiger partial charge in [0.1, 0.15) is 0 Å². The average molecular weight is 277 g/mol. The van der Waals surface area contributed by atoms with Crippen molar-refractivity contribution in [2.75, 3.05) is 7.05 Å². The molecule has 1 unspecified atom stereocenters. The molecule has 1 heterocycles. The predicted molar refractivity (Wildman–Crippen MR) is 86.0 cm³/mol. The third kappa shape index (κ3) is 2.88. The Hall–Kier alpha value is -2.39. The summed E-state index contributed by atoms with van der Waals surface area (Å²) in [4.78, 5) is 0. The summed E-state index contributed by atoms with van der Waals surface area (Å²) in [5, 5.41) is 7.61. The molecule has 0 spiro atoms. The average Bonchev–Trinajstić information content (AvgIpc) is 2.96. The Morgan fingerprint density at radius 3 is 2.14 bits per heavy atom. The first-order chi connectivity index (χ1) is 10.3. The van der Waals surface area contributed by atoms with Crippen LogP contribution in [0.5, 0.6) is 0 Å². The van der Waals surface area contributed by atoms with Gasteiger partial charge >= 0.3 is 0 Å². The molecule has 0 saturated heterocycles. The van der Waals surface area contributed by atoms with Crippen molar-refractivity contribution in [2.45, 2.75) is 6.04 Å². The van der Waals surface area contributed by atoms with Gasteiger partial charge in [-0.15, -0.1) is 0 Å². The topological polar surface area (TPSA) is 29.9 Å². The highest BCUT2D eigenvalue weighted by molar-refractivity contribution is 5.63. The minimum Gasteiger partial charge on any atom is -0.309 e. The number of aryl methyl sites for hydroxylation is 1. The third-order valence-electron chi connectivity index (χ3n) is 3.70. The van der Waals surface area contributed by atoms with Gasteiger partial charge in [-0.05, 0) is 23.7 Å². The second-order valence-corrected chi connectivity index (χ2v) is 5.16. The van der Waals surface area contributed by atoms with E-state index in [9.17, 15) is 0 Å². The first-order valence-electron chi connectivity index (χ1n) is 7.09. The summed E-state index contributed by atoms with van der Waals surface area (Å²) in [6.45, 7) is 0. The molecule has 0 amide bonds. The Bertz CT molecular complexity index is 699. The van der Waals surface area contributed by atoms with Crippen LogP contribution in [0.3, 0.4) is 0 Å². The van der Waals surface area contributed by atoms with Crippen LogP contribution in [0.4, 0.5) is 0 Å². The molecule has 0 bridgehead atoms. The molecule has 1 N–H and O–H groups in total. The molecule has 2 aromatic carbocycles. The molecule has 21 heavy (non-hydrogen) atoms. The highest BCUT2D eigenvalue weighted by Gasteiger charge is 2.13. The van der Waals surface area contributed by atoms with Crippen LogP contribution in [0.1, 0.15) is 17.2 Å². The Kier molecular flexibility index (Phi) is 3.84. The van der Waals surface area contributed by atoms with Crippen molar-refractivity contribution in [2.24, 2.45) is 7.05 Å². The zero-order valence-electron chi connectivity index (χ0n) is 12.3. The zero-order valence-corrected chi connectivity index (χ0v) is 12.3. The number of nitrogens with one attached hydrogen (secondary N) is 1. The lowest BCUT2D eigenvalue weighted by molar-refractivity contribution is 0.689. The molecular formula is C18H19N3. The van der Waals surface area contributed by atoms with Crippen molar-refractivity contribution in [3.05, 3.63) is 78.1 Å². The van der Waals surface area contributed by atoms with Crippen LogP contribution in [0.2, 0.25) is 0 Å². The monoisotopic (exact) mass is 277 g/mol. The Morgan fingerprint density at radius 2 is 1.57 bits per heavy atom. The van der Waals surface area contributed by atoms with E-state index in [4.69, 9.17) is 0 Å². The summed E-state index contributed by atoms with van der Waals surface area (Å²) in [7, 11) is 3.91. The van der Waals surface area contributed by atoms with E-state index in [1.807, 2.05) is 37.2 Å². The van der Waals surface area contributed by atoms with Crippen molar-refractivity contribution in [3.8, 4) is 11.1 Å². The van der Waals surface area contributed by atoms with Gasteiger partial charge in [-0.3, -0.25) is 4.68 Å². The van der Waals surface area contributed by atoms with E-state index in [1.54, 1.807) is 0 Å². The summed E-state index contributed by atoms with van der Waals surface area (Å²) < 4.78 is 1.83. The van der Waals surface area contributed by atoms with Crippen LogP contribution in [0.25, 0.3) is 11.1 Å². The Labute approximate surface area is 125 Å². The number of benzene rings is 2. The molecule has 0 saturated carbocycles. The maximum atomic E-state index is 4.25. The summed E-state index contributed by atoms with van der Waals surface area (Å²) in [5.41, 5.74) is 4.89. The first kappa shape index (κ1) is 13.6. The quantitative estimate of drug-likeness (QED) is 0.792.